The van der Waals surface area contributed by atoms with Crippen LogP contribution in [0.2, 0.25) is 0 Å². The van der Waals surface area contributed by atoms with E-state index in [1.807, 2.05) is 0 Å². The largest absolute Gasteiger partial charge is 0.508 e. The summed E-state index contributed by atoms with van der Waals surface area (Å²) in [5.41, 5.74) is 0.385. The highest BCUT2D eigenvalue weighted by atomic mass is 16.5. The zero-order valence-electron chi connectivity index (χ0n) is 11.7. The quantitative estimate of drug-likeness (QED) is 0.789. The van der Waals surface area contributed by atoms with E-state index < -0.39 is 6.10 Å². The number of phenols is 3. The molecular formula is C16H14O6. The van der Waals surface area contributed by atoms with E-state index in [-0.39, 0.29) is 52.1 Å². The fraction of sp³-hybridized carbons (Fsp3) is 0.188. The second-order valence-electron chi connectivity index (χ2n) is 4.96. The molecule has 0 saturated heterocycles. The van der Waals surface area contributed by atoms with Gasteiger partial charge in [0.1, 0.15) is 40.4 Å². The Morgan fingerprint density at radius 2 is 1.86 bits per heavy atom. The first-order valence-electron chi connectivity index (χ1n) is 6.63. The average Bonchev–Trinajstić information content (AvgIpc) is 2.45. The average molecular weight is 302 g/mol. The molecule has 1 aliphatic rings. The number of methoxy groups -OCH3 is 1. The molecule has 0 amide bonds. The Labute approximate surface area is 126 Å². The van der Waals surface area contributed by atoms with Crippen molar-refractivity contribution in [1.82, 2.24) is 0 Å². The zero-order chi connectivity index (χ0) is 15.9. The van der Waals surface area contributed by atoms with Crippen LogP contribution in [0.3, 0.4) is 0 Å². The van der Waals surface area contributed by atoms with Crippen molar-refractivity contribution in [3.8, 4) is 28.7 Å². The minimum Gasteiger partial charge on any atom is -0.508 e. The van der Waals surface area contributed by atoms with Crippen LogP contribution < -0.4 is 9.47 Å². The molecule has 3 rings (SSSR count). The number of benzene rings is 2. The van der Waals surface area contributed by atoms with E-state index >= 15 is 0 Å². The third-order valence-electron chi connectivity index (χ3n) is 3.57. The van der Waals surface area contributed by atoms with Crippen molar-refractivity contribution in [1.29, 1.82) is 0 Å². The summed E-state index contributed by atoms with van der Waals surface area (Å²) in [5.74, 6) is -0.307. The fourth-order valence-corrected chi connectivity index (χ4v) is 2.60. The molecule has 0 aromatic heterocycles. The van der Waals surface area contributed by atoms with Gasteiger partial charge in [0.15, 0.2) is 5.78 Å². The van der Waals surface area contributed by atoms with E-state index in [0.29, 0.717) is 0 Å². The molecule has 0 fully saturated rings. The van der Waals surface area contributed by atoms with Crippen LogP contribution in [0.4, 0.5) is 0 Å². The number of ketones is 1. The van der Waals surface area contributed by atoms with Crippen LogP contribution in [-0.4, -0.2) is 28.2 Å². The second kappa shape index (κ2) is 5.14. The van der Waals surface area contributed by atoms with Crippen molar-refractivity contribution in [2.75, 3.05) is 7.11 Å². The van der Waals surface area contributed by atoms with Crippen molar-refractivity contribution >= 4 is 5.78 Å². The summed E-state index contributed by atoms with van der Waals surface area (Å²) in [5, 5.41) is 29.5. The van der Waals surface area contributed by atoms with Gasteiger partial charge in [0.2, 0.25) is 0 Å². The molecule has 2 aromatic carbocycles. The van der Waals surface area contributed by atoms with Crippen LogP contribution in [0.15, 0.2) is 30.3 Å². The lowest BCUT2D eigenvalue weighted by Gasteiger charge is -2.27. The van der Waals surface area contributed by atoms with Crippen LogP contribution in [-0.2, 0) is 0 Å². The summed E-state index contributed by atoms with van der Waals surface area (Å²) < 4.78 is 10.8. The Balaban J connectivity index is 2.08. The van der Waals surface area contributed by atoms with Crippen LogP contribution in [0.5, 0.6) is 28.7 Å². The van der Waals surface area contributed by atoms with Crippen molar-refractivity contribution < 1.29 is 29.6 Å². The van der Waals surface area contributed by atoms with Gasteiger partial charge in [-0.2, -0.15) is 0 Å². The first kappa shape index (κ1) is 14.1. The molecule has 0 aliphatic carbocycles. The maximum absolute atomic E-state index is 12.4. The highest BCUT2D eigenvalue weighted by Crippen LogP contribution is 2.45. The SMILES string of the molecule is COc1cc(O)cc2c1C(=O)C[C@H](c1c(O)cccc1O)O2. The fourth-order valence-electron chi connectivity index (χ4n) is 2.60. The van der Waals surface area contributed by atoms with Gasteiger partial charge in [-0.05, 0) is 12.1 Å². The molecular weight excluding hydrogens is 288 g/mol. The van der Waals surface area contributed by atoms with Crippen molar-refractivity contribution in [2.24, 2.45) is 0 Å². The number of ether oxygens (including phenoxy) is 2. The number of carbonyl (C=O) groups excluding carboxylic acids is 1. The molecule has 1 heterocycles. The molecule has 114 valence electrons. The van der Waals surface area contributed by atoms with Gasteiger partial charge in [-0.15, -0.1) is 0 Å². The molecule has 6 nitrogen and oxygen atoms in total. The molecule has 6 heteroatoms. The molecule has 1 aliphatic heterocycles. The molecule has 0 saturated carbocycles. The number of rotatable bonds is 2. The first-order valence-corrected chi connectivity index (χ1v) is 6.63. The number of phenolic OH excluding ortho intramolecular Hbond substituents is 3. The summed E-state index contributed by atoms with van der Waals surface area (Å²) in [6.07, 6.45) is -0.896. The Morgan fingerprint density at radius 1 is 1.18 bits per heavy atom. The van der Waals surface area contributed by atoms with Crippen LogP contribution in [0, 0.1) is 0 Å². The van der Waals surface area contributed by atoms with Gasteiger partial charge < -0.3 is 24.8 Å². The number of hydrogen-bond donors (Lipinski definition) is 3. The lowest BCUT2D eigenvalue weighted by Crippen LogP contribution is -2.21. The molecule has 3 N–H and O–H groups in total. The number of Topliss-reactive ketones (excluding diaryl/α,β-unsaturated/α-hetero) is 1. The number of carbonyl (C=O) groups is 1. The van der Waals surface area contributed by atoms with E-state index in [2.05, 4.69) is 0 Å². The van der Waals surface area contributed by atoms with E-state index in [9.17, 15) is 20.1 Å². The van der Waals surface area contributed by atoms with E-state index in [0.717, 1.165) is 0 Å². The Morgan fingerprint density at radius 3 is 2.50 bits per heavy atom. The summed E-state index contributed by atoms with van der Waals surface area (Å²) in [6, 6.07) is 6.93. The summed E-state index contributed by atoms with van der Waals surface area (Å²) in [4.78, 5) is 12.4. The van der Waals surface area contributed by atoms with Crippen LogP contribution >= 0.6 is 0 Å². The summed E-state index contributed by atoms with van der Waals surface area (Å²) >= 11 is 0. The van der Waals surface area contributed by atoms with Crippen molar-refractivity contribution in [3.63, 3.8) is 0 Å². The Hall–Kier alpha value is -2.89. The molecule has 0 unspecified atom stereocenters. The molecule has 0 bridgehead atoms. The van der Waals surface area contributed by atoms with E-state index in [1.165, 1.54) is 37.4 Å². The first-order chi connectivity index (χ1) is 10.5. The lowest BCUT2D eigenvalue weighted by molar-refractivity contribution is 0.0838. The van der Waals surface area contributed by atoms with Gasteiger partial charge >= 0.3 is 0 Å². The summed E-state index contributed by atoms with van der Waals surface area (Å²) in [7, 11) is 1.39. The predicted molar refractivity (Wildman–Crippen MR) is 76.7 cm³/mol. The van der Waals surface area contributed by atoms with Gasteiger partial charge in [-0.1, -0.05) is 6.07 Å². The highest BCUT2D eigenvalue weighted by molar-refractivity contribution is 6.03. The van der Waals surface area contributed by atoms with E-state index in [4.69, 9.17) is 9.47 Å². The number of aromatic hydroxyl groups is 3. The maximum Gasteiger partial charge on any atom is 0.174 e. The van der Waals surface area contributed by atoms with Crippen molar-refractivity contribution in [3.05, 3.63) is 41.5 Å². The Kier molecular flexibility index (Phi) is 3.29. The van der Waals surface area contributed by atoms with Gasteiger partial charge in [0.25, 0.3) is 0 Å². The number of hydrogen-bond acceptors (Lipinski definition) is 6. The minimum atomic E-state index is -0.840. The monoisotopic (exact) mass is 302 g/mol. The topological polar surface area (TPSA) is 96.2 Å². The minimum absolute atomic E-state index is 0.0563. The third kappa shape index (κ3) is 2.18. The standard InChI is InChI=1S/C16H14O6/c1-21-12-5-8(17)6-13-16(12)11(20)7-14(22-13)15-9(18)3-2-4-10(15)19/h2-6,14,17-19H,7H2,1H3/t14-/m1/s1. The van der Waals surface area contributed by atoms with E-state index in [1.54, 1.807) is 0 Å². The van der Waals surface area contributed by atoms with Crippen LogP contribution in [0.1, 0.15) is 28.4 Å². The molecule has 1 atom stereocenters. The number of fused-ring (bicyclic) bond motifs is 1. The van der Waals surface area contributed by atoms with Gasteiger partial charge in [0, 0.05) is 12.1 Å². The zero-order valence-corrected chi connectivity index (χ0v) is 11.7. The maximum atomic E-state index is 12.4. The highest BCUT2D eigenvalue weighted by Gasteiger charge is 2.33. The smallest absolute Gasteiger partial charge is 0.174 e. The molecule has 0 radical (unpaired) electrons. The predicted octanol–water partition coefficient (Wildman–Crippen LogP) is 2.52. The van der Waals surface area contributed by atoms with Gasteiger partial charge in [0.05, 0.1) is 19.1 Å². The Bertz CT molecular complexity index is 732. The lowest BCUT2D eigenvalue weighted by atomic mass is 9.94. The van der Waals surface area contributed by atoms with Gasteiger partial charge in [-0.25, -0.2) is 0 Å². The molecule has 2 aromatic rings. The van der Waals surface area contributed by atoms with Crippen LogP contribution in [0.25, 0.3) is 0 Å². The normalized spacial score (nSPS) is 16.8. The van der Waals surface area contributed by atoms with Crippen molar-refractivity contribution in [2.45, 2.75) is 12.5 Å². The molecule has 22 heavy (non-hydrogen) atoms. The third-order valence-corrected chi connectivity index (χ3v) is 3.57. The van der Waals surface area contributed by atoms with Gasteiger partial charge in [-0.3, -0.25) is 4.79 Å². The second-order valence-corrected chi connectivity index (χ2v) is 4.96. The molecule has 0 spiro atoms. The summed E-state index contributed by atoms with van der Waals surface area (Å²) in [6.45, 7) is 0.